The third-order valence-corrected chi connectivity index (χ3v) is 3.70. The highest BCUT2D eigenvalue weighted by atomic mass is 16.5. The van der Waals surface area contributed by atoms with Crippen LogP contribution in [-0.2, 0) is 19.7 Å². The maximum Gasteiger partial charge on any atom is 0.314 e. The zero-order valence-electron chi connectivity index (χ0n) is 12.2. The molecule has 0 aliphatic heterocycles. The van der Waals surface area contributed by atoms with E-state index in [-0.39, 0.29) is 5.91 Å². The van der Waals surface area contributed by atoms with Gasteiger partial charge in [-0.15, -0.1) is 0 Å². The van der Waals surface area contributed by atoms with Gasteiger partial charge in [-0.05, 0) is 37.0 Å². The highest BCUT2D eigenvalue weighted by molar-refractivity contribution is 5.91. The molecule has 2 N–H and O–H groups in total. The van der Waals surface area contributed by atoms with E-state index in [4.69, 9.17) is 4.74 Å². The predicted molar refractivity (Wildman–Crippen MR) is 79.3 cm³/mol. The van der Waals surface area contributed by atoms with Crippen molar-refractivity contribution >= 4 is 17.6 Å². The summed E-state index contributed by atoms with van der Waals surface area (Å²) in [6.45, 7) is 3.10. The Morgan fingerprint density at radius 2 is 1.90 bits per heavy atom. The summed E-state index contributed by atoms with van der Waals surface area (Å²) in [6, 6.07) is 7.07. The molecule has 0 spiro atoms. The number of anilines is 1. The Hall–Kier alpha value is -1.88. The molecule has 1 amide bonds. The van der Waals surface area contributed by atoms with Gasteiger partial charge in [0.05, 0.1) is 18.4 Å². The number of nitrogens with one attached hydrogen (secondary N) is 1. The Labute approximate surface area is 124 Å². The number of ether oxygens (including phenoxy) is 1. The largest absolute Gasteiger partial charge is 0.481 e. The summed E-state index contributed by atoms with van der Waals surface area (Å²) in [4.78, 5) is 22.9. The lowest BCUT2D eigenvalue weighted by Gasteiger charge is -2.11. The van der Waals surface area contributed by atoms with Crippen LogP contribution in [0.4, 0.5) is 5.69 Å². The average Bonchev–Trinajstić information content (AvgIpc) is 3.26. The van der Waals surface area contributed by atoms with Gasteiger partial charge in [0.25, 0.3) is 0 Å². The highest BCUT2D eigenvalue weighted by Gasteiger charge is 2.51. The van der Waals surface area contributed by atoms with Crippen LogP contribution in [0, 0.1) is 0 Å². The summed E-state index contributed by atoms with van der Waals surface area (Å²) in [5.74, 6) is -0.870. The van der Waals surface area contributed by atoms with E-state index in [1.54, 1.807) is 24.3 Å². The number of carboxylic acid groups (broad SMARTS) is 1. The summed E-state index contributed by atoms with van der Waals surface area (Å²) in [5.41, 5.74) is 0.788. The average molecular weight is 291 g/mol. The fourth-order valence-corrected chi connectivity index (χ4v) is 2.26. The quantitative estimate of drug-likeness (QED) is 0.722. The summed E-state index contributed by atoms with van der Waals surface area (Å²) in [7, 11) is 0. The number of rotatable bonds is 8. The molecule has 0 unspecified atom stereocenters. The van der Waals surface area contributed by atoms with Crippen LogP contribution in [0.3, 0.4) is 0 Å². The molecule has 0 radical (unpaired) electrons. The second kappa shape index (κ2) is 6.72. The lowest BCUT2D eigenvalue weighted by molar-refractivity contribution is -0.140. The first-order valence-electron chi connectivity index (χ1n) is 7.30. The molecular weight excluding hydrogens is 270 g/mol. The number of benzene rings is 1. The Morgan fingerprint density at radius 3 is 2.43 bits per heavy atom. The van der Waals surface area contributed by atoms with Crippen molar-refractivity contribution in [2.45, 2.75) is 38.0 Å². The number of aliphatic carboxylic acids is 1. The van der Waals surface area contributed by atoms with Crippen molar-refractivity contribution in [2.24, 2.45) is 0 Å². The first kappa shape index (κ1) is 15.5. The standard InChI is InChI=1S/C16H21NO4/c1-2-10-21-11-7-14(18)17-13-5-3-12(4-6-13)16(8-9-16)15(19)20/h3-6H,2,7-11H2,1H3,(H,17,18)(H,19,20). The SMILES string of the molecule is CCCOCCC(=O)Nc1ccc(C2(C(=O)O)CC2)cc1. The summed E-state index contributed by atoms with van der Waals surface area (Å²) in [5, 5.41) is 12.0. The number of carbonyl (C=O) groups is 2. The van der Waals surface area contributed by atoms with Gasteiger partial charge in [0, 0.05) is 12.3 Å². The number of hydrogen-bond acceptors (Lipinski definition) is 3. The Bertz CT molecular complexity index is 506. The van der Waals surface area contributed by atoms with Crippen LogP contribution in [0.15, 0.2) is 24.3 Å². The van der Waals surface area contributed by atoms with E-state index in [0.717, 1.165) is 12.0 Å². The molecule has 114 valence electrons. The summed E-state index contributed by atoms with van der Waals surface area (Å²) < 4.78 is 5.26. The van der Waals surface area contributed by atoms with E-state index < -0.39 is 11.4 Å². The second-order valence-corrected chi connectivity index (χ2v) is 5.38. The van der Waals surface area contributed by atoms with Gasteiger partial charge in [0.1, 0.15) is 0 Å². The van der Waals surface area contributed by atoms with Crippen molar-refractivity contribution in [2.75, 3.05) is 18.5 Å². The van der Waals surface area contributed by atoms with Gasteiger partial charge in [-0.3, -0.25) is 9.59 Å². The van der Waals surface area contributed by atoms with Gasteiger partial charge < -0.3 is 15.2 Å². The van der Waals surface area contributed by atoms with Crippen molar-refractivity contribution < 1.29 is 19.4 Å². The molecule has 0 saturated heterocycles. The van der Waals surface area contributed by atoms with Gasteiger partial charge in [-0.2, -0.15) is 0 Å². The van der Waals surface area contributed by atoms with Crippen molar-refractivity contribution in [3.05, 3.63) is 29.8 Å². The van der Waals surface area contributed by atoms with Gasteiger partial charge in [0.15, 0.2) is 0 Å². The van der Waals surface area contributed by atoms with E-state index in [0.29, 0.717) is 38.2 Å². The summed E-state index contributed by atoms with van der Waals surface area (Å²) in [6.07, 6.45) is 2.63. The topological polar surface area (TPSA) is 75.6 Å². The number of amides is 1. The minimum atomic E-state index is -0.771. The normalized spacial score (nSPS) is 15.5. The van der Waals surface area contributed by atoms with Crippen molar-refractivity contribution in [1.82, 2.24) is 0 Å². The smallest absolute Gasteiger partial charge is 0.314 e. The molecule has 2 rings (SSSR count). The number of carbonyl (C=O) groups excluding carboxylic acids is 1. The van der Waals surface area contributed by atoms with Crippen LogP contribution < -0.4 is 5.32 Å². The van der Waals surface area contributed by atoms with E-state index in [2.05, 4.69) is 5.32 Å². The lowest BCUT2D eigenvalue weighted by Crippen LogP contribution is -2.19. The molecule has 5 heteroatoms. The second-order valence-electron chi connectivity index (χ2n) is 5.38. The van der Waals surface area contributed by atoms with E-state index >= 15 is 0 Å². The molecule has 0 atom stereocenters. The van der Waals surface area contributed by atoms with Crippen LogP contribution in [0.25, 0.3) is 0 Å². The zero-order chi connectivity index (χ0) is 15.3. The molecule has 5 nitrogen and oxygen atoms in total. The molecule has 21 heavy (non-hydrogen) atoms. The molecule has 1 fully saturated rings. The molecule has 1 saturated carbocycles. The molecule has 1 aliphatic carbocycles. The van der Waals surface area contributed by atoms with E-state index in [1.165, 1.54) is 0 Å². The molecule has 1 aromatic rings. The summed E-state index contributed by atoms with van der Waals surface area (Å²) >= 11 is 0. The van der Waals surface area contributed by atoms with Crippen LogP contribution in [0.5, 0.6) is 0 Å². The van der Waals surface area contributed by atoms with Crippen LogP contribution >= 0.6 is 0 Å². The minimum Gasteiger partial charge on any atom is -0.481 e. The van der Waals surface area contributed by atoms with Gasteiger partial charge in [-0.1, -0.05) is 19.1 Å². The Balaban J connectivity index is 1.85. The molecular formula is C16H21NO4. The molecule has 0 bridgehead atoms. The third kappa shape index (κ3) is 3.82. The number of carboxylic acids is 1. The zero-order valence-corrected chi connectivity index (χ0v) is 12.2. The first-order valence-corrected chi connectivity index (χ1v) is 7.30. The van der Waals surface area contributed by atoms with Crippen LogP contribution in [-0.4, -0.2) is 30.2 Å². The van der Waals surface area contributed by atoms with E-state index in [1.807, 2.05) is 6.92 Å². The first-order chi connectivity index (χ1) is 10.1. The Morgan fingerprint density at radius 1 is 1.24 bits per heavy atom. The van der Waals surface area contributed by atoms with Gasteiger partial charge in [-0.25, -0.2) is 0 Å². The maximum absolute atomic E-state index is 11.7. The molecule has 0 heterocycles. The Kier molecular flexibility index (Phi) is 4.96. The molecule has 1 aromatic carbocycles. The third-order valence-electron chi connectivity index (χ3n) is 3.70. The number of hydrogen-bond donors (Lipinski definition) is 2. The fraction of sp³-hybridized carbons (Fsp3) is 0.500. The lowest BCUT2D eigenvalue weighted by atomic mass is 9.96. The van der Waals surface area contributed by atoms with Crippen molar-refractivity contribution in [1.29, 1.82) is 0 Å². The predicted octanol–water partition coefficient (Wildman–Crippen LogP) is 2.56. The van der Waals surface area contributed by atoms with Crippen molar-refractivity contribution in [3.63, 3.8) is 0 Å². The van der Waals surface area contributed by atoms with Crippen molar-refractivity contribution in [3.8, 4) is 0 Å². The minimum absolute atomic E-state index is 0.0989. The maximum atomic E-state index is 11.7. The van der Waals surface area contributed by atoms with E-state index in [9.17, 15) is 14.7 Å². The monoisotopic (exact) mass is 291 g/mol. The molecule has 0 aromatic heterocycles. The van der Waals surface area contributed by atoms with Crippen LogP contribution in [0.2, 0.25) is 0 Å². The fourth-order valence-electron chi connectivity index (χ4n) is 2.26. The van der Waals surface area contributed by atoms with Gasteiger partial charge in [0.2, 0.25) is 5.91 Å². The molecule has 1 aliphatic rings. The van der Waals surface area contributed by atoms with Gasteiger partial charge >= 0.3 is 5.97 Å². The highest BCUT2D eigenvalue weighted by Crippen LogP contribution is 2.48. The van der Waals surface area contributed by atoms with Crippen LogP contribution in [0.1, 0.15) is 38.2 Å².